The summed E-state index contributed by atoms with van der Waals surface area (Å²) in [6.07, 6.45) is 1.37. The molecule has 0 aliphatic rings. The maximum atomic E-state index is 12.8. The van der Waals surface area contributed by atoms with Crippen LogP contribution >= 0.6 is 15.9 Å². The van der Waals surface area contributed by atoms with Crippen molar-refractivity contribution in [2.75, 3.05) is 0 Å². The summed E-state index contributed by atoms with van der Waals surface area (Å²) < 4.78 is 27.2. The van der Waals surface area contributed by atoms with Gasteiger partial charge < -0.3 is 5.11 Å². The Morgan fingerprint density at radius 1 is 1.13 bits per heavy atom. The fourth-order valence-electron chi connectivity index (χ4n) is 2.39. The van der Waals surface area contributed by atoms with Gasteiger partial charge >= 0.3 is 5.97 Å². The number of carboxylic acids is 1. The van der Waals surface area contributed by atoms with E-state index in [2.05, 4.69) is 15.9 Å². The summed E-state index contributed by atoms with van der Waals surface area (Å²) in [6.45, 7) is 1.87. The molecule has 3 aromatic rings. The average molecular weight is 394 g/mol. The van der Waals surface area contributed by atoms with Crippen molar-refractivity contribution in [3.05, 3.63) is 64.3 Å². The smallest absolute Gasteiger partial charge is 0.336 e. The van der Waals surface area contributed by atoms with E-state index < -0.39 is 16.0 Å². The number of carbonyl (C=O) groups is 1. The number of aryl methyl sites for hydroxylation is 1. The fraction of sp³-hybridized carbons (Fsp3) is 0.0625. The number of rotatable bonds is 3. The number of hydrogen-bond acceptors (Lipinski definition) is 3. The first-order valence-corrected chi connectivity index (χ1v) is 8.90. The second-order valence-corrected chi connectivity index (χ2v) is 7.85. The monoisotopic (exact) mass is 393 g/mol. The Morgan fingerprint density at radius 3 is 2.39 bits per heavy atom. The first-order chi connectivity index (χ1) is 10.8. The van der Waals surface area contributed by atoms with Crippen molar-refractivity contribution < 1.29 is 18.3 Å². The normalized spacial score (nSPS) is 11.7. The van der Waals surface area contributed by atoms with E-state index in [1.54, 1.807) is 18.2 Å². The minimum Gasteiger partial charge on any atom is -0.478 e. The molecule has 0 saturated carbocycles. The molecule has 1 N–H and O–H groups in total. The van der Waals surface area contributed by atoms with Gasteiger partial charge in [-0.1, -0.05) is 33.6 Å². The summed E-state index contributed by atoms with van der Waals surface area (Å²) in [6, 6.07) is 11.0. The highest BCUT2D eigenvalue weighted by Gasteiger charge is 2.21. The second-order valence-electron chi connectivity index (χ2n) is 5.12. The zero-order valence-electron chi connectivity index (χ0n) is 12.0. The molecule has 0 fully saturated rings. The molecule has 1 aromatic heterocycles. The minimum atomic E-state index is -3.80. The number of benzene rings is 2. The zero-order valence-corrected chi connectivity index (χ0v) is 14.4. The van der Waals surface area contributed by atoms with Crippen molar-refractivity contribution in [1.29, 1.82) is 0 Å². The molecule has 0 radical (unpaired) electrons. The van der Waals surface area contributed by atoms with Crippen LogP contribution in [0.25, 0.3) is 10.9 Å². The predicted octanol–water partition coefficient (Wildman–Crippen LogP) is 3.65. The van der Waals surface area contributed by atoms with Crippen LogP contribution in [-0.2, 0) is 10.0 Å². The van der Waals surface area contributed by atoms with Gasteiger partial charge in [-0.05, 0) is 37.3 Å². The highest BCUT2D eigenvalue weighted by atomic mass is 79.9. The first kappa shape index (κ1) is 15.8. The molecule has 0 amide bonds. The number of halogens is 1. The Hall–Kier alpha value is -2.12. The molecule has 3 rings (SSSR count). The summed E-state index contributed by atoms with van der Waals surface area (Å²) >= 11 is 3.23. The lowest BCUT2D eigenvalue weighted by Crippen LogP contribution is -2.12. The highest BCUT2D eigenvalue weighted by Crippen LogP contribution is 2.28. The lowest BCUT2D eigenvalue weighted by Gasteiger charge is -2.09. The van der Waals surface area contributed by atoms with Crippen molar-refractivity contribution in [1.82, 2.24) is 3.97 Å². The Kier molecular flexibility index (Phi) is 3.77. The highest BCUT2D eigenvalue weighted by molar-refractivity contribution is 9.10. The van der Waals surface area contributed by atoms with Crippen LogP contribution < -0.4 is 0 Å². The summed E-state index contributed by atoms with van der Waals surface area (Å²) in [5, 5.41) is 9.66. The molecule has 0 spiro atoms. The van der Waals surface area contributed by atoms with Gasteiger partial charge in [0.1, 0.15) is 0 Å². The summed E-state index contributed by atoms with van der Waals surface area (Å²) in [7, 11) is -3.80. The number of aromatic carboxylic acids is 1. The third-order valence-corrected chi connectivity index (χ3v) is 5.71. The third-order valence-electron chi connectivity index (χ3n) is 3.55. The van der Waals surface area contributed by atoms with Gasteiger partial charge in [0.05, 0.1) is 16.0 Å². The molecule has 0 bridgehead atoms. The molecule has 0 atom stereocenters. The van der Waals surface area contributed by atoms with Crippen molar-refractivity contribution in [2.45, 2.75) is 11.8 Å². The van der Waals surface area contributed by atoms with E-state index in [0.717, 1.165) is 9.54 Å². The minimum absolute atomic E-state index is 0.0484. The molecule has 1 heterocycles. The zero-order chi connectivity index (χ0) is 16.8. The average Bonchev–Trinajstić information content (AvgIpc) is 2.90. The summed E-state index contributed by atoms with van der Waals surface area (Å²) in [5.41, 5.74) is 1.32. The molecule has 118 valence electrons. The van der Waals surface area contributed by atoms with Crippen LogP contribution in [0.5, 0.6) is 0 Å². The molecule has 0 unspecified atom stereocenters. The van der Waals surface area contributed by atoms with Crippen LogP contribution in [-0.4, -0.2) is 23.5 Å². The van der Waals surface area contributed by atoms with Crippen molar-refractivity contribution in [3.63, 3.8) is 0 Å². The lowest BCUT2D eigenvalue weighted by molar-refractivity contribution is 0.0699. The Labute approximate surface area is 141 Å². The van der Waals surface area contributed by atoms with Crippen molar-refractivity contribution in [3.8, 4) is 0 Å². The first-order valence-electron chi connectivity index (χ1n) is 6.67. The largest absolute Gasteiger partial charge is 0.478 e. The topological polar surface area (TPSA) is 76.4 Å². The Balaban J connectivity index is 2.28. The van der Waals surface area contributed by atoms with E-state index in [-0.39, 0.29) is 10.5 Å². The number of fused-ring (bicyclic) bond motifs is 1. The molecule has 7 heteroatoms. The van der Waals surface area contributed by atoms with Crippen LogP contribution in [0.4, 0.5) is 0 Å². The molecule has 23 heavy (non-hydrogen) atoms. The van der Waals surface area contributed by atoms with E-state index >= 15 is 0 Å². The van der Waals surface area contributed by atoms with Crippen LogP contribution in [0.1, 0.15) is 15.9 Å². The predicted molar refractivity (Wildman–Crippen MR) is 90.4 cm³/mol. The molecule has 2 aromatic carbocycles. The molecular weight excluding hydrogens is 382 g/mol. The standard InChI is InChI=1S/C16H12BrNO4S/c1-10-2-4-12(5-3-10)23(21,22)18-7-6-13-14(16(19)20)8-11(17)9-15(13)18/h2-9H,1H3,(H,19,20). The van der Waals surface area contributed by atoms with E-state index in [4.69, 9.17) is 0 Å². The van der Waals surface area contributed by atoms with E-state index in [1.165, 1.54) is 30.5 Å². The van der Waals surface area contributed by atoms with Gasteiger partial charge in [-0.15, -0.1) is 0 Å². The quantitative estimate of drug-likeness (QED) is 0.736. The van der Waals surface area contributed by atoms with Gasteiger partial charge in [-0.25, -0.2) is 17.2 Å². The van der Waals surface area contributed by atoms with Crippen LogP contribution in [0.15, 0.2) is 58.0 Å². The molecule has 5 nitrogen and oxygen atoms in total. The molecule has 0 saturated heterocycles. The summed E-state index contributed by atoms with van der Waals surface area (Å²) in [4.78, 5) is 11.5. The van der Waals surface area contributed by atoms with Gasteiger partial charge in [0.15, 0.2) is 0 Å². The molecule has 0 aliphatic carbocycles. The SMILES string of the molecule is Cc1ccc(S(=O)(=O)n2ccc3c(C(=O)O)cc(Br)cc32)cc1. The van der Waals surface area contributed by atoms with Crippen molar-refractivity contribution in [2.24, 2.45) is 0 Å². The molecule has 0 aliphatic heterocycles. The van der Waals surface area contributed by atoms with Gasteiger partial charge in [0.25, 0.3) is 10.0 Å². The van der Waals surface area contributed by atoms with E-state index in [1.807, 2.05) is 6.92 Å². The number of carboxylic acid groups (broad SMARTS) is 1. The van der Waals surface area contributed by atoms with Crippen LogP contribution in [0, 0.1) is 6.92 Å². The van der Waals surface area contributed by atoms with E-state index in [9.17, 15) is 18.3 Å². The maximum absolute atomic E-state index is 12.8. The maximum Gasteiger partial charge on any atom is 0.336 e. The van der Waals surface area contributed by atoms with Gasteiger partial charge in [-0.3, -0.25) is 0 Å². The Bertz CT molecular complexity index is 1020. The second kappa shape index (κ2) is 5.50. The number of hydrogen-bond donors (Lipinski definition) is 1. The third kappa shape index (κ3) is 2.66. The number of nitrogens with zero attached hydrogens (tertiary/aromatic N) is 1. The Morgan fingerprint density at radius 2 is 1.78 bits per heavy atom. The lowest BCUT2D eigenvalue weighted by atomic mass is 10.1. The van der Waals surface area contributed by atoms with Gasteiger partial charge in [-0.2, -0.15) is 0 Å². The van der Waals surface area contributed by atoms with Crippen LogP contribution in [0.2, 0.25) is 0 Å². The summed E-state index contributed by atoms with van der Waals surface area (Å²) in [5.74, 6) is -1.11. The van der Waals surface area contributed by atoms with Gasteiger partial charge in [0, 0.05) is 16.1 Å². The van der Waals surface area contributed by atoms with Crippen molar-refractivity contribution >= 4 is 42.8 Å². The van der Waals surface area contributed by atoms with E-state index in [0.29, 0.717) is 15.4 Å². The number of aromatic nitrogens is 1. The fourth-order valence-corrected chi connectivity index (χ4v) is 4.18. The van der Waals surface area contributed by atoms with Gasteiger partial charge in [0.2, 0.25) is 0 Å². The molecular formula is C16H12BrNO4S. The van der Waals surface area contributed by atoms with Crippen LogP contribution in [0.3, 0.4) is 0 Å².